The number of hydrogen-bond acceptors (Lipinski definition) is 1. The number of nitrogens with one attached hydrogen (secondary N) is 1. The molecule has 0 spiro atoms. The molecule has 1 atom stereocenters. The summed E-state index contributed by atoms with van der Waals surface area (Å²) in [7, 11) is 0. The van der Waals surface area contributed by atoms with Crippen molar-refractivity contribution in [2.45, 2.75) is 26.2 Å². The Morgan fingerprint density at radius 3 is 2.68 bits per heavy atom. The molecule has 1 rings (SSSR count). The molecule has 1 amide bonds. The molecule has 0 saturated heterocycles. The highest BCUT2D eigenvalue weighted by atomic mass is 79.9. The van der Waals surface area contributed by atoms with Crippen molar-refractivity contribution < 1.29 is 4.79 Å². The van der Waals surface area contributed by atoms with Crippen LogP contribution in [0.1, 0.15) is 25.3 Å². The Bertz CT molecular complexity index is 426. The lowest BCUT2D eigenvalue weighted by atomic mass is 10.0. The van der Waals surface area contributed by atoms with Gasteiger partial charge in [0.25, 0.3) is 0 Å². The summed E-state index contributed by atoms with van der Waals surface area (Å²) in [5, 5.41) is 4.92. The topological polar surface area (TPSA) is 29.1 Å². The summed E-state index contributed by atoms with van der Waals surface area (Å²) >= 11 is 15.2. The zero-order chi connectivity index (χ0) is 14.3. The van der Waals surface area contributed by atoms with E-state index in [4.69, 9.17) is 23.2 Å². The Morgan fingerprint density at radius 1 is 1.37 bits per heavy atom. The van der Waals surface area contributed by atoms with Gasteiger partial charge in [-0.25, -0.2) is 0 Å². The van der Waals surface area contributed by atoms with Gasteiger partial charge < -0.3 is 5.32 Å². The molecule has 0 aliphatic carbocycles. The molecule has 2 nitrogen and oxygen atoms in total. The van der Waals surface area contributed by atoms with Crippen molar-refractivity contribution >= 4 is 45.0 Å². The predicted molar refractivity (Wildman–Crippen MR) is 85.4 cm³/mol. The van der Waals surface area contributed by atoms with E-state index in [0.717, 1.165) is 30.3 Å². The van der Waals surface area contributed by atoms with Crippen LogP contribution >= 0.6 is 39.1 Å². The van der Waals surface area contributed by atoms with E-state index in [1.54, 1.807) is 12.1 Å². The van der Waals surface area contributed by atoms with Crippen LogP contribution < -0.4 is 5.32 Å². The number of carbonyl (C=O) groups is 1. The van der Waals surface area contributed by atoms with E-state index in [1.165, 1.54) is 0 Å². The van der Waals surface area contributed by atoms with Gasteiger partial charge in [0.05, 0.1) is 16.5 Å². The number of halogens is 3. The highest BCUT2D eigenvalue weighted by Gasteiger charge is 2.09. The lowest BCUT2D eigenvalue weighted by molar-refractivity contribution is -0.120. The molecule has 0 heterocycles. The number of benzene rings is 1. The summed E-state index contributed by atoms with van der Waals surface area (Å²) in [6, 6.07) is 5.27. The zero-order valence-electron chi connectivity index (χ0n) is 10.9. The van der Waals surface area contributed by atoms with Gasteiger partial charge in [0.2, 0.25) is 5.91 Å². The van der Waals surface area contributed by atoms with Crippen LogP contribution in [0.15, 0.2) is 18.2 Å². The lowest BCUT2D eigenvalue weighted by Crippen LogP contribution is -2.30. The third-order valence-corrected chi connectivity index (χ3v) is 4.23. The van der Waals surface area contributed by atoms with Gasteiger partial charge >= 0.3 is 0 Å². The average Bonchev–Trinajstić information content (AvgIpc) is 2.39. The van der Waals surface area contributed by atoms with Crippen molar-refractivity contribution in [2.24, 2.45) is 5.92 Å². The normalized spacial score (nSPS) is 12.2. The number of amides is 1. The van der Waals surface area contributed by atoms with Gasteiger partial charge in [0, 0.05) is 11.9 Å². The van der Waals surface area contributed by atoms with E-state index >= 15 is 0 Å². The minimum Gasteiger partial charge on any atom is -0.356 e. The number of rotatable bonds is 7. The third-order valence-electron chi connectivity index (χ3n) is 3.03. The molecular formula is C14H18BrCl2NO. The molecule has 19 heavy (non-hydrogen) atoms. The van der Waals surface area contributed by atoms with E-state index in [9.17, 15) is 4.79 Å². The second-order valence-corrected chi connectivity index (χ2v) is 6.09. The van der Waals surface area contributed by atoms with Gasteiger partial charge in [0.1, 0.15) is 0 Å². The molecule has 0 saturated carbocycles. The van der Waals surface area contributed by atoms with Crippen LogP contribution in [0.25, 0.3) is 0 Å². The highest BCUT2D eigenvalue weighted by molar-refractivity contribution is 9.09. The Kier molecular flexibility index (Phi) is 7.81. The van der Waals surface area contributed by atoms with Crippen molar-refractivity contribution in [1.29, 1.82) is 0 Å². The molecular weight excluding hydrogens is 349 g/mol. The van der Waals surface area contributed by atoms with Crippen molar-refractivity contribution in [3.05, 3.63) is 33.8 Å². The summed E-state index contributed by atoms with van der Waals surface area (Å²) in [5.74, 6) is 0.545. The first kappa shape index (κ1) is 16.8. The van der Waals surface area contributed by atoms with Gasteiger partial charge in [-0.1, -0.05) is 58.5 Å². The van der Waals surface area contributed by atoms with Crippen LogP contribution in [0.4, 0.5) is 0 Å². The van der Waals surface area contributed by atoms with Gasteiger partial charge in [-0.3, -0.25) is 4.79 Å². The van der Waals surface area contributed by atoms with Crippen LogP contribution in [0.5, 0.6) is 0 Å². The molecule has 1 aromatic rings. The van der Waals surface area contributed by atoms with Gasteiger partial charge in [-0.2, -0.15) is 0 Å². The maximum Gasteiger partial charge on any atom is 0.224 e. The minimum absolute atomic E-state index is 0.0198. The molecule has 106 valence electrons. The largest absolute Gasteiger partial charge is 0.356 e. The maximum absolute atomic E-state index is 11.8. The maximum atomic E-state index is 11.8. The Labute approximate surface area is 133 Å². The predicted octanol–water partition coefficient (Wildman–Crippen LogP) is 4.46. The first-order chi connectivity index (χ1) is 9.06. The van der Waals surface area contributed by atoms with E-state index < -0.39 is 0 Å². The van der Waals surface area contributed by atoms with Gasteiger partial charge in [-0.05, 0) is 30.0 Å². The van der Waals surface area contributed by atoms with Crippen LogP contribution in [0.2, 0.25) is 10.0 Å². The molecule has 1 unspecified atom stereocenters. The lowest BCUT2D eigenvalue weighted by Gasteiger charge is -2.14. The molecule has 0 aromatic heterocycles. The fourth-order valence-corrected chi connectivity index (χ4v) is 2.73. The average molecular weight is 367 g/mol. The number of carbonyl (C=O) groups excluding carboxylic acids is 1. The van der Waals surface area contributed by atoms with Crippen molar-refractivity contribution in [1.82, 2.24) is 5.32 Å². The molecule has 0 fully saturated rings. The zero-order valence-corrected chi connectivity index (χ0v) is 14.0. The highest BCUT2D eigenvalue weighted by Crippen LogP contribution is 2.22. The molecule has 0 radical (unpaired) electrons. The summed E-state index contributed by atoms with van der Waals surface area (Å²) in [6.45, 7) is 2.86. The van der Waals surface area contributed by atoms with Crippen LogP contribution in [-0.2, 0) is 11.2 Å². The fourth-order valence-electron chi connectivity index (χ4n) is 1.76. The SMILES string of the molecule is CCC(CCBr)CNC(=O)Cc1ccc(Cl)c(Cl)c1. The fraction of sp³-hybridized carbons (Fsp3) is 0.500. The Morgan fingerprint density at radius 2 is 2.11 bits per heavy atom. The third kappa shape index (κ3) is 6.15. The summed E-state index contributed by atoms with van der Waals surface area (Å²) < 4.78 is 0. The number of hydrogen-bond donors (Lipinski definition) is 1. The van der Waals surface area contributed by atoms with Crippen molar-refractivity contribution in [3.8, 4) is 0 Å². The molecule has 1 aromatic carbocycles. The van der Waals surface area contributed by atoms with E-state index in [1.807, 2.05) is 6.07 Å². The standard InChI is InChI=1S/C14H18BrCl2NO/c1-2-10(5-6-15)9-18-14(19)8-11-3-4-12(16)13(17)7-11/h3-4,7,10H,2,5-6,8-9H2,1H3,(H,18,19). The smallest absolute Gasteiger partial charge is 0.224 e. The van der Waals surface area contributed by atoms with Crippen LogP contribution in [0.3, 0.4) is 0 Å². The molecule has 1 N–H and O–H groups in total. The Hall–Kier alpha value is -0.250. The van der Waals surface area contributed by atoms with Crippen LogP contribution in [0, 0.1) is 5.92 Å². The second-order valence-electron chi connectivity index (χ2n) is 4.48. The van der Waals surface area contributed by atoms with Crippen molar-refractivity contribution in [2.75, 3.05) is 11.9 Å². The van der Waals surface area contributed by atoms with Gasteiger partial charge in [0.15, 0.2) is 0 Å². The van der Waals surface area contributed by atoms with E-state index in [2.05, 4.69) is 28.2 Å². The first-order valence-electron chi connectivity index (χ1n) is 6.33. The molecule has 0 aliphatic rings. The molecule has 0 aliphatic heterocycles. The summed E-state index contributed by atoms with van der Waals surface area (Å²) in [5.41, 5.74) is 0.875. The monoisotopic (exact) mass is 365 g/mol. The first-order valence-corrected chi connectivity index (χ1v) is 8.21. The van der Waals surface area contributed by atoms with Gasteiger partial charge in [-0.15, -0.1) is 0 Å². The van der Waals surface area contributed by atoms with Crippen molar-refractivity contribution in [3.63, 3.8) is 0 Å². The summed E-state index contributed by atoms with van der Waals surface area (Å²) in [4.78, 5) is 11.8. The number of alkyl halides is 1. The quantitative estimate of drug-likeness (QED) is 0.709. The Balaban J connectivity index is 2.44. The molecule has 0 bridgehead atoms. The minimum atomic E-state index is 0.0198. The second kappa shape index (κ2) is 8.83. The van der Waals surface area contributed by atoms with Crippen LogP contribution in [-0.4, -0.2) is 17.8 Å². The van der Waals surface area contributed by atoms with E-state index in [-0.39, 0.29) is 5.91 Å². The summed E-state index contributed by atoms with van der Waals surface area (Å²) in [6.07, 6.45) is 2.48. The molecule has 5 heteroatoms. The van der Waals surface area contributed by atoms with E-state index in [0.29, 0.717) is 22.4 Å².